The Labute approximate surface area is 207 Å². The lowest BCUT2D eigenvalue weighted by Crippen LogP contribution is -2.23. The molecule has 190 valence electrons. The van der Waals surface area contributed by atoms with Crippen molar-refractivity contribution in [1.82, 2.24) is 9.97 Å². The van der Waals surface area contributed by atoms with Gasteiger partial charge in [-0.1, -0.05) is 0 Å². The fraction of sp³-hybridized carbons (Fsp3) is 0.273. The largest absolute Gasteiger partial charge is 0.357 e. The molecule has 1 aromatic heterocycles. The van der Waals surface area contributed by atoms with Gasteiger partial charge in [-0.25, -0.2) is 18.4 Å². The second-order valence-corrected chi connectivity index (χ2v) is 9.42. The molecule has 0 unspecified atom stereocenters. The molecule has 2 aromatic carbocycles. The van der Waals surface area contributed by atoms with Crippen molar-refractivity contribution >= 4 is 44.4 Å². The average molecular weight is 516 g/mol. The summed E-state index contributed by atoms with van der Waals surface area (Å²) in [6.45, 7) is 8.61. The maximum atomic E-state index is 12.8. The van der Waals surface area contributed by atoms with Crippen molar-refractivity contribution in [3.05, 3.63) is 74.1 Å². The lowest BCUT2D eigenvalue weighted by atomic mass is 10.1. The lowest BCUT2D eigenvalue weighted by Gasteiger charge is -2.20. The van der Waals surface area contributed by atoms with Crippen molar-refractivity contribution in [2.45, 2.75) is 32.6 Å². The Morgan fingerprint density at radius 2 is 1.42 bits per heavy atom. The van der Waals surface area contributed by atoms with E-state index in [2.05, 4.69) is 24.9 Å². The number of aromatic nitrogens is 2. The summed E-state index contributed by atoms with van der Waals surface area (Å²) in [4.78, 5) is 31.2. The molecule has 0 saturated heterocycles. The van der Waals surface area contributed by atoms with Gasteiger partial charge in [0.15, 0.2) is 0 Å². The number of nitrogens with zero attached hydrogens (tertiary/aromatic N) is 5. The molecule has 0 radical (unpaired) electrons. The zero-order valence-electron chi connectivity index (χ0n) is 20.0. The fourth-order valence-electron chi connectivity index (χ4n) is 3.50. The number of nitrogens with one attached hydrogen (secondary N) is 2. The van der Waals surface area contributed by atoms with Gasteiger partial charge in [-0.15, -0.1) is 0 Å². The number of nitro benzene ring substituents is 2. The van der Waals surface area contributed by atoms with Crippen LogP contribution < -0.4 is 14.9 Å². The van der Waals surface area contributed by atoms with Gasteiger partial charge in [0.2, 0.25) is 0 Å². The van der Waals surface area contributed by atoms with Gasteiger partial charge in [0, 0.05) is 42.7 Å². The number of anilines is 4. The Bertz CT molecular complexity index is 1370. The number of rotatable bonds is 10. The third-order valence-corrected chi connectivity index (χ3v) is 6.71. The minimum Gasteiger partial charge on any atom is -0.357 e. The van der Waals surface area contributed by atoms with Crippen LogP contribution in [0, 0.1) is 34.1 Å². The summed E-state index contributed by atoms with van der Waals surface area (Å²) in [6.07, 6.45) is 0. The van der Waals surface area contributed by atoms with Crippen LogP contribution in [0.15, 0.2) is 47.4 Å². The highest BCUT2D eigenvalue weighted by Crippen LogP contribution is 2.32. The summed E-state index contributed by atoms with van der Waals surface area (Å²) in [5, 5.41) is 25.7. The molecular weight excluding hydrogens is 490 g/mol. The Hall–Kier alpha value is -4.33. The first-order valence-corrected chi connectivity index (χ1v) is 12.4. The Morgan fingerprint density at radius 1 is 0.889 bits per heavy atom. The highest BCUT2D eigenvalue weighted by atomic mass is 32.2. The van der Waals surface area contributed by atoms with Gasteiger partial charge >= 0.3 is 0 Å². The van der Waals surface area contributed by atoms with E-state index in [0.29, 0.717) is 17.3 Å². The van der Waals surface area contributed by atoms with E-state index in [4.69, 9.17) is 0 Å². The number of sulfonamides is 1. The van der Waals surface area contributed by atoms with Crippen molar-refractivity contribution in [2.75, 3.05) is 28.0 Å². The molecule has 36 heavy (non-hydrogen) atoms. The number of hydrogen-bond acceptors (Lipinski definition) is 10. The summed E-state index contributed by atoms with van der Waals surface area (Å²) in [5.41, 5.74) is -0.762. The van der Waals surface area contributed by atoms with Crippen LogP contribution in [-0.4, -0.2) is 41.3 Å². The zero-order chi connectivity index (χ0) is 26.6. The minimum absolute atomic E-state index is 0.161. The predicted molar refractivity (Wildman–Crippen MR) is 135 cm³/mol. The second-order valence-electron chi connectivity index (χ2n) is 7.74. The van der Waals surface area contributed by atoms with Gasteiger partial charge in [0.25, 0.3) is 21.4 Å². The zero-order valence-corrected chi connectivity index (χ0v) is 20.9. The van der Waals surface area contributed by atoms with Crippen LogP contribution in [0.5, 0.6) is 0 Å². The van der Waals surface area contributed by atoms with Crippen molar-refractivity contribution in [3.8, 4) is 0 Å². The van der Waals surface area contributed by atoms with Gasteiger partial charge in [-0.3, -0.25) is 25.0 Å². The first kappa shape index (κ1) is 26.3. The number of benzene rings is 2. The summed E-state index contributed by atoms with van der Waals surface area (Å²) < 4.78 is 28.0. The summed E-state index contributed by atoms with van der Waals surface area (Å²) in [7, 11) is -4.35. The van der Waals surface area contributed by atoms with Crippen LogP contribution in [0.4, 0.5) is 34.4 Å². The third-order valence-electron chi connectivity index (χ3n) is 5.35. The van der Waals surface area contributed by atoms with E-state index < -0.39 is 36.1 Å². The Kier molecular flexibility index (Phi) is 7.68. The summed E-state index contributed by atoms with van der Waals surface area (Å²) >= 11 is 0. The third kappa shape index (κ3) is 5.83. The molecule has 13 nitrogen and oxygen atoms in total. The van der Waals surface area contributed by atoms with Gasteiger partial charge in [0.05, 0.1) is 9.85 Å². The molecule has 2 N–H and O–H groups in total. The van der Waals surface area contributed by atoms with Crippen molar-refractivity contribution < 1.29 is 18.3 Å². The molecule has 0 amide bonds. The first-order chi connectivity index (χ1) is 16.9. The van der Waals surface area contributed by atoms with E-state index in [1.54, 1.807) is 19.1 Å². The van der Waals surface area contributed by atoms with E-state index >= 15 is 0 Å². The van der Waals surface area contributed by atoms with E-state index in [-0.39, 0.29) is 11.3 Å². The minimum atomic E-state index is -4.35. The SMILES string of the molecule is CCN(CC)c1cc(Nc2ccc(NS(=O)(=O)c3cc([N+](=O)[O-])c(C)c([N+](=O)[O-])c3)cc2)nc(C)n1. The molecule has 0 bridgehead atoms. The first-order valence-electron chi connectivity index (χ1n) is 10.9. The molecule has 3 aromatic rings. The molecule has 0 saturated carbocycles. The van der Waals surface area contributed by atoms with E-state index in [0.717, 1.165) is 31.0 Å². The molecule has 0 aliphatic heterocycles. The highest BCUT2D eigenvalue weighted by molar-refractivity contribution is 7.92. The number of aryl methyl sites for hydroxylation is 1. The molecular formula is C22H25N7O6S. The van der Waals surface area contributed by atoms with Crippen LogP contribution >= 0.6 is 0 Å². The quantitative estimate of drug-likeness (QED) is 0.292. The number of hydrogen-bond donors (Lipinski definition) is 2. The highest BCUT2D eigenvalue weighted by Gasteiger charge is 2.28. The molecule has 0 spiro atoms. The van der Waals surface area contributed by atoms with Gasteiger partial charge in [-0.2, -0.15) is 0 Å². The molecule has 1 heterocycles. The normalized spacial score (nSPS) is 11.1. The van der Waals surface area contributed by atoms with Gasteiger partial charge in [0.1, 0.15) is 27.9 Å². The Balaban J connectivity index is 1.84. The molecule has 3 rings (SSSR count). The van der Waals surface area contributed by atoms with E-state index in [9.17, 15) is 28.6 Å². The van der Waals surface area contributed by atoms with Crippen molar-refractivity contribution in [3.63, 3.8) is 0 Å². The van der Waals surface area contributed by atoms with Crippen molar-refractivity contribution in [1.29, 1.82) is 0 Å². The Morgan fingerprint density at radius 3 is 1.92 bits per heavy atom. The second kappa shape index (κ2) is 10.5. The standard InChI is InChI=1S/C22H25N7O6S/c1-5-27(6-2)22-13-21(23-15(4)24-22)25-16-7-9-17(10-8-16)26-36(34,35)18-11-19(28(30)31)14(3)20(12-18)29(32)33/h7-13,26H,5-6H2,1-4H3,(H,23,24,25). The van der Waals surface area contributed by atoms with Gasteiger partial charge < -0.3 is 10.2 Å². The van der Waals surface area contributed by atoms with Gasteiger partial charge in [-0.05, 0) is 52.0 Å². The molecule has 0 aliphatic rings. The average Bonchev–Trinajstić information content (AvgIpc) is 2.80. The molecule has 0 aliphatic carbocycles. The lowest BCUT2D eigenvalue weighted by molar-refractivity contribution is -0.395. The topological polar surface area (TPSA) is 174 Å². The van der Waals surface area contributed by atoms with E-state index in [1.807, 2.05) is 19.9 Å². The summed E-state index contributed by atoms with van der Waals surface area (Å²) in [6, 6.07) is 9.61. The summed E-state index contributed by atoms with van der Waals surface area (Å²) in [5.74, 6) is 1.94. The van der Waals surface area contributed by atoms with E-state index in [1.165, 1.54) is 19.1 Å². The van der Waals surface area contributed by atoms with Crippen LogP contribution in [0.1, 0.15) is 25.2 Å². The fourth-order valence-corrected chi connectivity index (χ4v) is 4.60. The predicted octanol–water partition coefficient (Wildman–Crippen LogP) is 4.30. The number of nitro groups is 2. The van der Waals surface area contributed by atoms with Crippen LogP contribution in [0.3, 0.4) is 0 Å². The van der Waals surface area contributed by atoms with Crippen LogP contribution in [-0.2, 0) is 10.0 Å². The smallest absolute Gasteiger partial charge is 0.280 e. The maximum Gasteiger partial charge on any atom is 0.280 e. The monoisotopic (exact) mass is 515 g/mol. The molecule has 14 heteroatoms. The molecule has 0 atom stereocenters. The van der Waals surface area contributed by atoms with Crippen LogP contribution in [0.25, 0.3) is 0 Å². The maximum absolute atomic E-state index is 12.8. The molecule has 0 fully saturated rings. The van der Waals surface area contributed by atoms with Crippen LogP contribution in [0.2, 0.25) is 0 Å². The van der Waals surface area contributed by atoms with Crippen molar-refractivity contribution in [2.24, 2.45) is 0 Å².